The molecule has 0 bridgehead atoms. The van der Waals surface area contributed by atoms with Gasteiger partial charge in [-0.15, -0.1) is 10.2 Å². The van der Waals surface area contributed by atoms with Gasteiger partial charge in [-0.25, -0.2) is 0 Å². The molecule has 1 aromatic carbocycles. The molecule has 0 saturated carbocycles. The molecule has 1 N–H and O–H groups in total. The maximum absolute atomic E-state index is 12.1. The molecule has 118 valence electrons. The Morgan fingerprint density at radius 3 is 2.82 bits per heavy atom. The summed E-state index contributed by atoms with van der Waals surface area (Å²) in [7, 11) is 0. The van der Waals surface area contributed by atoms with Crippen molar-refractivity contribution >= 4 is 34.0 Å². The average molecular weight is 340 g/mol. The molecule has 1 atom stereocenters. The van der Waals surface area contributed by atoms with Crippen LogP contribution in [-0.4, -0.2) is 22.2 Å². The lowest BCUT2D eigenvalue weighted by atomic mass is 10.1. The van der Waals surface area contributed by atoms with E-state index >= 15 is 0 Å². The van der Waals surface area contributed by atoms with Gasteiger partial charge in [-0.3, -0.25) is 10.1 Å². The summed E-state index contributed by atoms with van der Waals surface area (Å²) >= 11 is 7.27. The van der Waals surface area contributed by atoms with Gasteiger partial charge in [0.05, 0.1) is 0 Å². The molecule has 5 nitrogen and oxygen atoms in total. The standard InChI is InChI=1S/C15H18ClN3O2S/c1-9(2)7-13-18-19-15(22-13)17-14(20)10(3)21-12-6-4-5-11(16)8-12/h4-6,8-10H,7H2,1-3H3,(H,17,19,20). The molecule has 0 fully saturated rings. The van der Waals surface area contributed by atoms with Crippen molar-refractivity contribution in [2.24, 2.45) is 5.92 Å². The molecular weight excluding hydrogens is 322 g/mol. The van der Waals surface area contributed by atoms with Crippen molar-refractivity contribution < 1.29 is 9.53 Å². The normalized spacial score (nSPS) is 12.2. The van der Waals surface area contributed by atoms with Gasteiger partial charge in [0.2, 0.25) is 5.13 Å². The van der Waals surface area contributed by atoms with E-state index in [1.165, 1.54) is 11.3 Å². The highest BCUT2D eigenvalue weighted by Crippen LogP contribution is 2.20. The molecule has 1 aromatic heterocycles. The Morgan fingerprint density at radius 2 is 2.14 bits per heavy atom. The van der Waals surface area contributed by atoms with E-state index in [0.717, 1.165) is 11.4 Å². The van der Waals surface area contributed by atoms with E-state index in [1.54, 1.807) is 31.2 Å². The second-order valence-corrected chi connectivity index (χ2v) is 6.80. The fourth-order valence-corrected chi connectivity index (χ4v) is 2.88. The first kappa shape index (κ1) is 16.7. The summed E-state index contributed by atoms with van der Waals surface area (Å²) < 4.78 is 5.56. The zero-order valence-electron chi connectivity index (χ0n) is 12.7. The number of nitrogens with zero attached hydrogens (tertiary/aromatic N) is 2. The minimum absolute atomic E-state index is 0.271. The zero-order chi connectivity index (χ0) is 16.1. The number of nitrogens with one attached hydrogen (secondary N) is 1. The number of aromatic nitrogens is 2. The molecule has 1 unspecified atom stereocenters. The Hall–Kier alpha value is -1.66. The molecule has 0 aliphatic rings. The summed E-state index contributed by atoms with van der Waals surface area (Å²) in [6, 6.07) is 6.93. The van der Waals surface area contributed by atoms with E-state index in [4.69, 9.17) is 16.3 Å². The predicted molar refractivity (Wildman–Crippen MR) is 88.6 cm³/mol. The van der Waals surface area contributed by atoms with Crippen molar-refractivity contribution in [3.05, 3.63) is 34.3 Å². The van der Waals surface area contributed by atoms with Crippen molar-refractivity contribution in [1.82, 2.24) is 10.2 Å². The highest BCUT2D eigenvalue weighted by atomic mass is 35.5. The lowest BCUT2D eigenvalue weighted by molar-refractivity contribution is -0.122. The van der Waals surface area contributed by atoms with Gasteiger partial charge in [0.1, 0.15) is 10.8 Å². The number of halogens is 1. The lowest BCUT2D eigenvalue weighted by Gasteiger charge is -2.13. The number of benzene rings is 1. The first-order valence-electron chi connectivity index (χ1n) is 6.99. The fourth-order valence-electron chi connectivity index (χ4n) is 1.74. The van der Waals surface area contributed by atoms with E-state index < -0.39 is 6.10 Å². The van der Waals surface area contributed by atoms with Gasteiger partial charge in [-0.05, 0) is 31.0 Å². The van der Waals surface area contributed by atoms with Crippen molar-refractivity contribution in [2.45, 2.75) is 33.3 Å². The topological polar surface area (TPSA) is 64.1 Å². The molecule has 2 aromatic rings. The van der Waals surface area contributed by atoms with Crippen LogP contribution in [0.1, 0.15) is 25.8 Å². The SMILES string of the molecule is CC(C)Cc1nnc(NC(=O)C(C)Oc2cccc(Cl)c2)s1. The minimum Gasteiger partial charge on any atom is -0.481 e. The Labute approximate surface area is 138 Å². The fraction of sp³-hybridized carbons (Fsp3) is 0.400. The molecule has 1 heterocycles. The number of amides is 1. The third kappa shape index (κ3) is 4.96. The van der Waals surface area contributed by atoms with Crippen LogP contribution in [0, 0.1) is 5.92 Å². The average Bonchev–Trinajstić information content (AvgIpc) is 2.85. The van der Waals surface area contributed by atoms with Crippen LogP contribution in [0.2, 0.25) is 5.02 Å². The molecular formula is C15H18ClN3O2S. The number of ether oxygens (including phenoxy) is 1. The van der Waals surface area contributed by atoms with Crippen LogP contribution in [0.5, 0.6) is 5.75 Å². The van der Waals surface area contributed by atoms with Gasteiger partial charge >= 0.3 is 0 Å². The van der Waals surface area contributed by atoms with Crippen molar-refractivity contribution in [2.75, 3.05) is 5.32 Å². The van der Waals surface area contributed by atoms with Gasteiger partial charge in [-0.1, -0.05) is 42.9 Å². The largest absolute Gasteiger partial charge is 0.481 e. The van der Waals surface area contributed by atoms with Crippen LogP contribution in [-0.2, 0) is 11.2 Å². The van der Waals surface area contributed by atoms with Crippen molar-refractivity contribution in [3.63, 3.8) is 0 Å². The Morgan fingerprint density at radius 1 is 1.36 bits per heavy atom. The summed E-state index contributed by atoms with van der Waals surface area (Å²) in [5, 5.41) is 12.7. The van der Waals surface area contributed by atoms with Crippen LogP contribution < -0.4 is 10.1 Å². The van der Waals surface area contributed by atoms with Gasteiger partial charge in [0, 0.05) is 11.4 Å². The summed E-state index contributed by atoms with van der Waals surface area (Å²) in [5.41, 5.74) is 0. The van der Waals surface area contributed by atoms with E-state index in [0.29, 0.717) is 21.8 Å². The summed E-state index contributed by atoms with van der Waals surface area (Å²) in [6.45, 7) is 5.90. The number of hydrogen-bond acceptors (Lipinski definition) is 5. The number of hydrogen-bond donors (Lipinski definition) is 1. The van der Waals surface area contributed by atoms with Crippen LogP contribution in [0.4, 0.5) is 5.13 Å². The maximum atomic E-state index is 12.1. The first-order chi connectivity index (χ1) is 10.4. The number of carbonyl (C=O) groups excluding carboxylic acids is 1. The number of carbonyl (C=O) groups is 1. The molecule has 1 amide bonds. The van der Waals surface area contributed by atoms with Gasteiger partial charge in [-0.2, -0.15) is 0 Å². The molecule has 2 rings (SSSR count). The maximum Gasteiger partial charge on any atom is 0.266 e. The van der Waals surface area contributed by atoms with Crippen molar-refractivity contribution in [3.8, 4) is 5.75 Å². The Balaban J connectivity index is 1.92. The predicted octanol–water partition coefficient (Wildman–Crippen LogP) is 3.80. The Kier molecular flexibility index (Phi) is 5.74. The Bertz CT molecular complexity index is 645. The highest BCUT2D eigenvalue weighted by Gasteiger charge is 2.17. The van der Waals surface area contributed by atoms with Crippen molar-refractivity contribution in [1.29, 1.82) is 0 Å². The van der Waals surface area contributed by atoms with E-state index in [1.807, 2.05) is 0 Å². The van der Waals surface area contributed by atoms with Crippen LogP contribution >= 0.6 is 22.9 Å². The molecule has 22 heavy (non-hydrogen) atoms. The quantitative estimate of drug-likeness (QED) is 0.869. The van der Waals surface area contributed by atoms with E-state index in [9.17, 15) is 4.79 Å². The molecule has 0 aliphatic heterocycles. The first-order valence-corrected chi connectivity index (χ1v) is 8.19. The van der Waals surface area contributed by atoms with Crippen LogP contribution in [0.15, 0.2) is 24.3 Å². The zero-order valence-corrected chi connectivity index (χ0v) is 14.2. The minimum atomic E-state index is -0.657. The molecule has 0 aliphatic carbocycles. The number of rotatable bonds is 6. The van der Waals surface area contributed by atoms with Gasteiger partial charge in [0.25, 0.3) is 5.91 Å². The van der Waals surface area contributed by atoms with E-state index in [-0.39, 0.29) is 5.91 Å². The number of anilines is 1. The third-order valence-corrected chi connectivity index (χ3v) is 3.85. The molecule has 7 heteroatoms. The molecule has 0 saturated heterocycles. The molecule has 0 radical (unpaired) electrons. The lowest BCUT2D eigenvalue weighted by Crippen LogP contribution is -2.30. The molecule has 0 spiro atoms. The smallest absolute Gasteiger partial charge is 0.266 e. The van der Waals surface area contributed by atoms with Gasteiger partial charge in [0.15, 0.2) is 6.10 Å². The summed E-state index contributed by atoms with van der Waals surface area (Å²) in [5.74, 6) is 0.779. The van der Waals surface area contributed by atoms with Crippen LogP contribution in [0.3, 0.4) is 0 Å². The second kappa shape index (κ2) is 7.56. The second-order valence-electron chi connectivity index (χ2n) is 5.31. The summed E-state index contributed by atoms with van der Waals surface area (Å²) in [4.78, 5) is 12.1. The van der Waals surface area contributed by atoms with E-state index in [2.05, 4.69) is 29.4 Å². The monoisotopic (exact) mass is 339 g/mol. The third-order valence-electron chi connectivity index (χ3n) is 2.76. The summed E-state index contributed by atoms with van der Waals surface area (Å²) in [6.07, 6.45) is 0.193. The van der Waals surface area contributed by atoms with Crippen LogP contribution in [0.25, 0.3) is 0 Å². The van der Waals surface area contributed by atoms with Gasteiger partial charge < -0.3 is 4.74 Å². The highest BCUT2D eigenvalue weighted by molar-refractivity contribution is 7.15.